The zero-order valence-corrected chi connectivity index (χ0v) is 22.4. The van der Waals surface area contributed by atoms with Gasteiger partial charge in [0.15, 0.2) is 11.5 Å². The Kier molecular flexibility index (Phi) is 9.91. The van der Waals surface area contributed by atoms with Crippen LogP contribution < -0.4 is 14.8 Å². The molecule has 0 aromatic heterocycles. The lowest BCUT2D eigenvalue weighted by Gasteiger charge is -2.32. The molecule has 3 aromatic carbocycles. The van der Waals surface area contributed by atoms with Gasteiger partial charge in [0, 0.05) is 26.1 Å². The highest BCUT2D eigenvalue weighted by Crippen LogP contribution is 2.28. The topological polar surface area (TPSA) is 77.1 Å². The van der Waals surface area contributed by atoms with E-state index in [0.717, 1.165) is 29.5 Å². The fourth-order valence-electron chi connectivity index (χ4n) is 4.74. The molecular formula is C31H35FN2O5. The second kappa shape index (κ2) is 13.8. The number of ether oxygens (including phenoxy) is 3. The summed E-state index contributed by atoms with van der Waals surface area (Å²) in [6.07, 6.45) is 2.21. The first-order valence-corrected chi connectivity index (χ1v) is 13.1. The lowest BCUT2D eigenvalue weighted by atomic mass is 10.0. The summed E-state index contributed by atoms with van der Waals surface area (Å²) in [7, 11) is 3.09. The van der Waals surface area contributed by atoms with Crippen LogP contribution in [0.25, 0.3) is 0 Å². The Bertz CT molecular complexity index is 1230. The molecule has 39 heavy (non-hydrogen) atoms. The van der Waals surface area contributed by atoms with Crippen molar-refractivity contribution < 1.29 is 28.2 Å². The van der Waals surface area contributed by atoms with Crippen LogP contribution in [-0.4, -0.2) is 56.2 Å². The maximum Gasteiger partial charge on any atom is 0.243 e. The zero-order chi connectivity index (χ0) is 27.6. The van der Waals surface area contributed by atoms with Gasteiger partial charge in [-0.3, -0.25) is 9.59 Å². The predicted molar refractivity (Wildman–Crippen MR) is 146 cm³/mol. The molecular weight excluding hydrogens is 499 g/mol. The van der Waals surface area contributed by atoms with Crippen LogP contribution in [0.2, 0.25) is 0 Å². The van der Waals surface area contributed by atoms with Crippen molar-refractivity contribution in [3.05, 3.63) is 95.3 Å². The molecule has 7 nitrogen and oxygen atoms in total. The van der Waals surface area contributed by atoms with E-state index in [4.69, 9.17) is 14.2 Å². The summed E-state index contributed by atoms with van der Waals surface area (Å²) in [5, 5.41) is 3.02. The van der Waals surface area contributed by atoms with Crippen molar-refractivity contribution in [2.24, 2.45) is 0 Å². The first-order chi connectivity index (χ1) is 19.0. The summed E-state index contributed by atoms with van der Waals surface area (Å²) in [4.78, 5) is 29.2. The molecule has 2 amide bonds. The third-order valence-electron chi connectivity index (χ3n) is 6.87. The molecule has 0 saturated carbocycles. The number of carbonyl (C=O) groups excluding carboxylic acids is 2. The SMILES string of the molecule is COc1ccc(CC(=O)N(Cc2ccc(F)cc2)[C@@H](Cc2ccccc2)C(=O)NC[C@H]2CCCO2)cc1OC. The monoisotopic (exact) mass is 534 g/mol. The molecule has 4 rings (SSSR count). The first kappa shape index (κ1) is 28.1. The number of hydrogen-bond donors (Lipinski definition) is 1. The lowest BCUT2D eigenvalue weighted by molar-refractivity contribution is -0.141. The second-order valence-electron chi connectivity index (χ2n) is 9.60. The zero-order valence-electron chi connectivity index (χ0n) is 22.4. The highest BCUT2D eigenvalue weighted by molar-refractivity contribution is 5.89. The molecule has 0 aliphatic carbocycles. The van der Waals surface area contributed by atoms with Crippen LogP contribution in [0.15, 0.2) is 72.8 Å². The number of rotatable bonds is 12. The molecule has 1 saturated heterocycles. The van der Waals surface area contributed by atoms with Crippen LogP contribution >= 0.6 is 0 Å². The highest BCUT2D eigenvalue weighted by Gasteiger charge is 2.31. The van der Waals surface area contributed by atoms with E-state index in [1.807, 2.05) is 30.3 Å². The molecule has 1 aliphatic rings. The van der Waals surface area contributed by atoms with Gasteiger partial charge in [0.25, 0.3) is 0 Å². The van der Waals surface area contributed by atoms with Gasteiger partial charge >= 0.3 is 0 Å². The highest BCUT2D eigenvalue weighted by atomic mass is 19.1. The fourth-order valence-corrected chi connectivity index (χ4v) is 4.74. The maximum atomic E-state index is 13.9. The quantitative estimate of drug-likeness (QED) is 0.375. The lowest BCUT2D eigenvalue weighted by Crippen LogP contribution is -2.52. The van der Waals surface area contributed by atoms with Crippen molar-refractivity contribution in [3.63, 3.8) is 0 Å². The van der Waals surface area contributed by atoms with Crippen molar-refractivity contribution in [2.45, 2.75) is 44.4 Å². The van der Waals surface area contributed by atoms with Crippen molar-refractivity contribution >= 4 is 11.8 Å². The van der Waals surface area contributed by atoms with E-state index in [1.54, 1.807) is 49.5 Å². The molecule has 0 bridgehead atoms. The summed E-state index contributed by atoms with van der Waals surface area (Å²) in [5.74, 6) is 0.226. The van der Waals surface area contributed by atoms with Crippen LogP contribution in [0, 0.1) is 5.82 Å². The minimum absolute atomic E-state index is 0.0284. The molecule has 1 aliphatic heterocycles. The van der Waals surface area contributed by atoms with E-state index >= 15 is 0 Å². The molecule has 8 heteroatoms. The van der Waals surface area contributed by atoms with Gasteiger partial charge in [-0.15, -0.1) is 0 Å². The van der Waals surface area contributed by atoms with E-state index in [-0.39, 0.29) is 36.7 Å². The van der Waals surface area contributed by atoms with Crippen molar-refractivity contribution in [1.82, 2.24) is 10.2 Å². The Morgan fingerprint density at radius 3 is 2.36 bits per heavy atom. The number of nitrogens with zero attached hydrogens (tertiary/aromatic N) is 1. The van der Waals surface area contributed by atoms with Crippen LogP contribution in [0.1, 0.15) is 29.5 Å². The van der Waals surface area contributed by atoms with E-state index < -0.39 is 6.04 Å². The third kappa shape index (κ3) is 7.80. The van der Waals surface area contributed by atoms with E-state index in [2.05, 4.69) is 5.32 Å². The van der Waals surface area contributed by atoms with Crippen molar-refractivity contribution in [2.75, 3.05) is 27.4 Å². The molecule has 0 radical (unpaired) electrons. The van der Waals surface area contributed by atoms with Gasteiger partial charge in [-0.2, -0.15) is 0 Å². The molecule has 1 N–H and O–H groups in total. The normalized spacial score (nSPS) is 15.4. The number of carbonyl (C=O) groups is 2. The Balaban J connectivity index is 1.63. The van der Waals surface area contributed by atoms with Crippen LogP contribution in [0.3, 0.4) is 0 Å². The second-order valence-corrected chi connectivity index (χ2v) is 9.60. The number of hydrogen-bond acceptors (Lipinski definition) is 5. The van der Waals surface area contributed by atoms with Crippen molar-refractivity contribution in [1.29, 1.82) is 0 Å². The predicted octanol–water partition coefficient (Wildman–Crippen LogP) is 4.32. The van der Waals surface area contributed by atoms with E-state index in [0.29, 0.717) is 31.1 Å². The Morgan fingerprint density at radius 1 is 0.974 bits per heavy atom. The van der Waals surface area contributed by atoms with Gasteiger partial charge in [-0.1, -0.05) is 48.5 Å². The van der Waals surface area contributed by atoms with Crippen LogP contribution in [0.4, 0.5) is 4.39 Å². The number of amides is 2. The minimum atomic E-state index is -0.786. The summed E-state index contributed by atoms with van der Waals surface area (Å²) in [5.41, 5.74) is 2.37. The maximum absolute atomic E-state index is 13.9. The standard InChI is InChI=1S/C31H35FN2O5/c1-37-28-15-12-24(18-29(28)38-2)19-30(35)34(21-23-10-13-25(32)14-11-23)27(17-22-7-4-3-5-8-22)31(36)33-20-26-9-6-16-39-26/h3-5,7-8,10-15,18,26-27H,6,9,16-17,19-21H2,1-2H3,(H,33,36)/t26-,27+/m1/s1. The van der Waals surface area contributed by atoms with E-state index in [9.17, 15) is 14.0 Å². The Labute approximate surface area is 228 Å². The van der Waals surface area contributed by atoms with Gasteiger partial charge < -0.3 is 24.4 Å². The fraction of sp³-hybridized carbons (Fsp3) is 0.355. The minimum Gasteiger partial charge on any atom is -0.493 e. The van der Waals surface area contributed by atoms with Crippen LogP contribution in [-0.2, 0) is 33.7 Å². The Hall–Kier alpha value is -3.91. The smallest absolute Gasteiger partial charge is 0.243 e. The Morgan fingerprint density at radius 2 is 1.69 bits per heavy atom. The summed E-state index contributed by atoms with van der Waals surface area (Å²) in [6.45, 7) is 1.23. The molecule has 1 fully saturated rings. The molecule has 3 aromatic rings. The van der Waals surface area contributed by atoms with Gasteiger partial charge in [0.2, 0.25) is 11.8 Å². The largest absolute Gasteiger partial charge is 0.493 e. The van der Waals surface area contributed by atoms with Gasteiger partial charge in [0.05, 0.1) is 26.7 Å². The molecule has 0 spiro atoms. The number of benzene rings is 3. The summed E-state index contributed by atoms with van der Waals surface area (Å²) >= 11 is 0. The average molecular weight is 535 g/mol. The van der Waals surface area contributed by atoms with Crippen LogP contribution in [0.5, 0.6) is 11.5 Å². The van der Waals surface area contributed by atoms with Crippen molar-refractivity contribution in [3.8, 4) is 11.5 Å². The third-order valence-corrected chi connectivity index (χ3v) is 6.87. The van der Waals surface area contributed by atoms with Gasteiger partial charge in [-0.05, 0) is 53.8 Å². The number of methoxy groups -OCH3 is 2. The molecule has 1 heterocycles. The molecule has 2 atom stereocenters. The van der Waals surface area contributed by atoms with Gasteiger partial charge in [0.1, 0.15) is 11.9 Å². The molecule has 0 unspecified atom stereocenters. The number of halogens is 1. The van der Waals surface area contributed by atoms with Gasteiger partial charge in [-0.25, -0.2) is 4.39 Å². The number of nitrogens with one attached hydrogen (secondary N) is 1. The average Bonchev–Trinajstić information content (AvgIpc) is 3.49. The summed E-state index contributed by atoms with van der Waals surface area (Å²) in [6, 6.07) is 20.1. The summed E-state index contributed by atoms with van der Waals surface area (Å²) < 4.78 is 30.1. The van der Waals surface area contributed by atoms with E-state index in [1.165, 1.54) is 12.1 Å². The molecule has 206 valence electrons. The first-order valence-electron chi connectivity index (χ1n) is 13.1.